The van der Waals surface area contributed by atoms with E-state index in [1.165, 1.54) is 0 Å². The number of halogens is 1. The van der Waals surface area contributed by atoms with Crippen LogP contribution >= 0.6 is 15.9 Å². The fourth-order valence-corrected chi connectivity index (χ4v) is 7.91. The van der Waals surface area contributed by atoms with Gasteiger partial charge in [0.2, 0.25) is 5.91 Å². The number of benzene rings is 1. The zero-order valence-corrected chi connectivity index (χ0v) is 21.3. The van der Waals surface area contributed by atoms with Crippen LogP contribution in [-0.4, -0.2) is 62.7 Å². The predicted molar refractivity (Wildman–Crippen MR) is 131 cm³/mol. The van der Waals surface area contributed by atoms with E-state index in [0.29, 0.717) is 60.5 Å². The molecule has 11 nitrogen and oxygen atoms in total. The van der Waals surface area contributed by atoms with Crippen LogP contribution in [0.25, 0.3) is 0 Å². The Morgan fingerprint density at radius 2 is 1.78 bits per heavy atom. The Morgan fingerprint density at radius 1 is 1.11 bits per heavy atom. The lowest BCUT2D eigenvalue weighted by molar-refractivity contribution is -0.394. The number of hydrogen-bond donors (Lipinski definition) is 1. The van der Waals surface area contributed by atoms with Crippen molar-refractivity contribution in [2.45, 2.75) is 44.1 Å². The molecular weight excluding hydrogens is 532 g/mol. The Hall–Kier alpha value is -2.86. The van der Waals surface area contributed by atoms with Crippen molar-refractivity contribution in [2.75, 3.05) is 31.6 Å². The monoisotopic (exact) mass is 558 g/mol. The Kier molecular flexibility index (Phi) is 5.63. The Labute approximate surface area is 215 Å². The molecule has 1 N–H and O–H groups in total. The third kappa shape index (κ3) is 3.90. The summed E-state index contributed by atoms with van der Waals surface area (Å²) in [5, 5.41) is 18.6. The quantitative estimate of drug-likeness (QED) is 0.439. The molecule has 0 spiro atoms. The predicted octanol–water partition coefficient (Wildman–Crippen LogP) is 3.36. The second kappa shape index (κ2) is 8.62. The van der Waals surface area contributed by atoms with E-state index in [9.17, 15) is 19.7 Å². The molecule has 36 heavy (non-hydrogen) atoms. The van der Waals surface area contributed by atoms with E-state index in [4.69, 9.17) is 4.74 Å². The average molecular weight is 559 g/mol. The number of nitrogens with one attached hydrogen (secondary N) is 1. The summed E-state index contributed by atoms with van der Waals surface area (Å²) >= 11 is 3.38. The number of carbonyl (C=O) groups excluding carboxylic acids is 2. The van der Waals surface area contributed by atoms with Crippen LogP contribution in [0.2, 0.25) is 0 Å². The summed E-state index contributed by atoms with van der Waals surface area (Å²) in [6, 6.07) is 7.05. The van der Waals surface area contributed by atoms with Gasteiger partial charge in [-0.25, -0.2) is 0 Å². The zero-order valence-electron chi connectivity index (χ0n) is 19.7. The smallest absolute Gasteiger partial charge is 0.390 e. The van der Waals surface area contributed by atoms with Gasteiger partial charge in [-0.05, 0) is 84.5 Å². The number of nitrogens with zero attached hydrogens (tertiary/aromatic N) is 5. The minimum absolute atomic E-state index is 0.0287. The maximum Gasteiger partial charge on any atom is 0.492 e. The number of carbonyl (C=O) groups is 2. The summed E-state index contributed by atoms with van der Waals surface area (Å²) in [6.45, 7) is 2.25. The number of morpholine rings is 1. The van der Waals surface area contributed by atoms with Crippen LogP contribution in [0.4, 0.5) is 11.6 Å². The molecule has 190 valence electrons. The van der Waals surface area contributed by atoms with Gasteiger partial charge in [0.05, 0.1) is 24.2 Å². The normalized spacial score (nSPS) is 30.9. The van der Waals surface area contributed by atoms with Crippen molar-refractivity contribution in [3.05, 3.63) is 44.7 Å². The van der Waals surface area contributed by atoms with Gasteiger partial charge in [-0.3, -0.25) is 9.59 Å². The summed E-state index contributed by atoms with van der Waals surface area (Å²) in [5.41, 5.74) is 0.213. The number of rotatable bonds is 5. The molecule has 4 saturated carbocycles. The first-order valence-electron chi connectivity index (χ1n) is 12.3. The van der Waals surface area contributed by atoms with Crippen LogP contribution in [0.15, 0.2) is 29.0 Å². The van der Waals surface area contributed by atoms with E-state index < -0.39 is 21.8 Å². The number of nitro groups is 1. The standard InChI is InChI=1S/C24H27BrN6O5/c25-21-27-22(31(34)35)28-30(21)24-12-15-9-16(13-24)11-23(10-15,14-24)20(33)26-18-3-1-17(2-4-18)19(32)29-5-7-36-8-6-29/h1-4,15-16H,5-14H2,(H,26,33)/t15-,16+,23?,24?. The van der Waals surface area contributed by atoms with Gasteiger partial charge in [0, 0.05) is 45.4 Å². The number of hydrogen-bond acceptors (Lipinski definition) is 7. The molecule has 0 radical (unpaired) electrons. The molecule has 1 aliphatic heterocycles. The first kappa shape index (κ1) is 23.5. The number of anilines is 1. The molecule has 2 heterocycles. The van der Waals surface area contributed by atoms with Crippen molar-refractivity contribution < 1.29 is 19.2 Å². The summed E-state index contributed by atoms with van der Waals surface area (Å²) in [6.07, 6.45) is 4.94. The van der Waals surface area contributed by atoms with Crippen LogP contribution in [0, 0.1) is 27.4 Å². The number of ether oxygens (including phenoxy) is 1. The van der Waals surface area contributed by atoms with E-state index >= 15 is 0 Å². The van der Waals surface area contributed by atoms with E-state index in [0.717, 1.165) is 32.1 Å². The summed E-state index contributed by atoms with van der Waals surface area (Å²) in [7, 11) is 0. The van der Waals surface area contributed by atoms with Crippen molar-refractivity contribution in [1.29, 1.82) is 0 Å². The van der Waals surface area contributed by atoms with Crippen LogP contribution in [0.1, 0.15) is 48.9 Å². The molecule has 2 amide bonds. The maximum atomic E-state index is 13.7. The van der Waals surface area contributed by atoms with E-state index in [1.54, 1.807) is 33.8 Å². The summed E-state index contributed by atoms with van der Waals surface area (Å²) in [5.74, 6) is 0.231. The fourth-order valence-electron chi connectivity index (χ4n) is 7.30. The summed E-state index contributed by atoms with van der Waals surface area (Å²) < 4.78 is 7.32. The minimum Gasteiger partial charge on any atom is -0.390 e. The molecule has 1 aromatic carbocycles. The van der Waals surface area contributed by atoms with Crippen molar-refractivity contribution in [3.63, 3.8) is 0 Å². The van der Waals surface area contributed by atoms with Gasteiger partial charge in [-0.1, -0.05) is 0 Å². The highest BCUT2D eigenvalue weighted by atomic mass is 79.9. The molecule has 4 atom stereocenters. The molecule has 2 aromatic rings. The highest BCUT2D eigenvalue weighted by Gasteiger charge is 2.63. The third-order valence-electron chi connectivity index (χ3n) is 8.37. The van der Waals surface area contributed by atoms with Crippen LogP contribution in [0.5, 0.6) is 0 Å². The van der Waals surface area contributed by atoms with Gasteiger partial charge in [0.15, 0.2) is 0 Å². The van der Waals surface area contributed by atoms with E-state index in [1.807, 2.05) is 0 Å². The molecule has 4 aliphatic carbocycles. The molecule has 7 rings (SSSR count). The average Bonchev–Trinajstić information content (AvgIpc) is 3.27. The van der Waals surface area contributed by atoms with Crippen LogP contribution in [-0.2, 0) is 15.1 Å². The Morgan fingerprint density at radius 3 is 2.39 bits per heavy atom. The lowest BCUT2D eigenvalue weighted by atomic mass is 9.46. The van der Waals surface area contributed by atoms with Crippen molar-refractivity contribution >= 4 is 39.4 Å². The SMILES string of the molecule is O=C(c1ccc(NC(=O)C23C[C@H]4C[C@@H](C2)CC(n2nc([N+](=O)[O-])nc2Br)(C4)C3)cc1)N1CCOCC1. The fraction of sp³-hybridized carbons (Fsp3) is 0.583. The third-order valence-corrected chi connectivity index (χ3v) is 8.88. The lowest BCUT2D eigenvalue weighted by Crippen LogP contribution is -2.60. The van der Waals surface area contributed by atoms with Crippen molar-refractivity contribution in [2.24, 2.45) is 17.3 Å². The highest BCUT2D eigenvalue weighted by Crippen LogP contribution is 2.64. The van der Waals surface area contributed by atoms with E-state index in [-0.39, 0.29) is 11.8 Å². The Balaban J connectivity index is 1.22. The highest BCUT2D eigenvalue weighted by molar-refractivity contribution is 9.10. The van der Waals surface area contributed by atoms with Crippen molar-refractivity contribution in [1.82, 2.24) is 19.7 Å². The number of amides is 2. The van der Waals surface area contributed by atoms with Gasteiger partial charge in [-0.15, -0.1) is 0 Å². The minimum atomic E-state index is -0.586. The van der Waals surface area contributed by atoms with Gasteiger partial charge in [0.1, 0.15) is 0 Å². The molecule has 1 saturated heterocycles. The first-order chi connectivity index (χ1) is 17.3. The zero-order chi connectivity index (χ0) is 25.1. The number of aromatic nitrogens is 3. The molecule has 12 heteroatoms. The first-order valence-corrected chi connectivity index (χ1v) is 13.1. The summed E-state index contributed by atoms with van der Waals surface area (Å²) in [4.78, 5) is 42.9. The van der Waals surface area contributed by atoms with Crippen molar-refractivity contribution in [3.8, 4) is 0 Å². The lowest BCUT2D eigenvalue weighted by Gasteiger charge is -2.60. The molecule has 5 fully saturated rings. The van der Waals surface area contributed by atoms with Gasteiger partial charge >= 0.3 is 5.95 Å². The largest absolute Gasteiger partial charge is 0.492 e. The molecule has 2 unspecified atom stereocenters. The second-order valence-electron chi connectivity index (χ2n) is 10.8. The van der Waals surface area contributed by atoms with E-state index in [2.05, 4.69) is 31.3 Å². The molecule has 4 bridgehead atoms. The van der Waals surface area contributed by atoms with Gasteiger partial charge < -0.3 is 25.1 Å². The molecule has 1 aromatic heterocycles. The van der Waals surface area contributed by atoms with Crippen LogP contribution in [0.3, 0.4) is 0 Å². The van der Waals surface area contributed by atoms with Crippen LogP contribution < -0.4 is 5.32 Å². The van der Waals surface area contributed by atoms with Gasteiger partial charge in [0.25, 0.3) is 10.6 Å². The molecule has 5 aliphatic rings. The molecular formula is C24H27BrN6O5. The Bertz CT molecular complexity index is 1210. The van der Waals surface area contributed by atoms with Gasteiger partial charge in [-0.2, -0.15) is 4.68 Å². The topological polar surface area (TPSA) is 132 Å². The second-order valence-corrected chi connectivity index (χ2v) is 11.5. The maximum absolute atomic E-state index is 13.7.